The number of rotatable bonds is 2. The average Bonchev–Trinajstić information content (AvgIpc) is 2.49. The van der Waals surface area contributed by atoms with Gasteiger partial charge in [0.05, 0.1) is 0 Å². The average molecular weight is 310 g/mol. The number of carbonyl (C=O) groups excluding carboxylic acids is 1. The fourth-order valence-corrected chi connectivity index (χ4v) is 5.10. The highest BCUT2D eigenvalue weighted by Gasteiger charge is 2.53. The minimum atomic E-state index is 0.0804. The van der Waals surface area contributed by atoms with Crippen LogP contribution in [0.5, 0.6) is 0 Å². The van der Waals surface area contributed by atoms with Gasteiger partial charge >= 0.3 is 0 Å². The van der Waals surface area contributed by atoms with Crippen LogP contribution in [0, 0.1) is 11.3 Å². The molecule has 0 N–H and O–H groups in total. The summed E-state index contributed by atoms with van der Waals surface area (Å²) in [5.41, 5.74) is 4.97. The van der Waals surface area contributed by atoms with Gasteiger partial charge in [0, 0.05) is 12.0 Å². The van der Waals surface area contributed by atoms with E-state index in [0.29, 0.717) is 24.0 Å². The van der Waals surface area contributed by atoms with Crippen LogP contribution in [-0.2, 0) is 5.41 Å². The number of Topliss-reactive ketones (excluding diaryl/α,β-unsaturated/α-hetero) is 1. The van der Waals surface area contributed by atoms with Gasteiger partial charge < -0.3 is 0 Å². The fourth-order valence-electron chi connectivity index (χ4n) is 5.10. The lowest BCUT2D eigenvalue weighted by Crippen LogP contribution is -2.50. The molecule has 124 valence electrons. The van der Waals surface area contributed by atoms with Gasteiger partial charge in [-0.3, -0.25) is 4.79 Å². The molecule has 0 unspecified atom stereocenters. The van der Waals surface area contributed by atoms with Crippen molar-refractivity contribution in [2.24, 2.45) is 11.3 Å². The van der Waals surface area contributed by atoms with E-state index in [2.05, 4.69) is 59.4 Å². The molecular weight excluding hydrogens is 280 g/mol. The van der Waals surface area contributed by atoms with E-state index in [1.54, 1.807) is 0 Å². The molecule has 1 fully saturated rings. The minimum absolute atomic E-state index is 0.0804. The van der Waals surface area contributed by atoms with Crippen LogP contribution in [0.3, 0.4) is 0 Å². The van der Waals surface area contributed by atoms with Crippen molar-refractivity contribution in [1.82, 2.24) is 0 Å². The molecule has 0 heterocycles. The molecule has 2 aliphatic rings. The molecule has 1 heteroatoms. The van der Waals surface area contributed by atoms with E-state index in [-0.39, 0.29) is 10.8 Å². The van der Waals surface area contributed by atoms with Crippen LogP contribution in [0.1, 0.15) is 87.7 Å². The maximum Gasteiger partial charge on any atom is 0.163 e. The highest BCUT2D eigenvalue weighted by Crippen LogP contribution is 2.59. The highest BCUT2D eigenvalue weighted by atomic mass is 16.1. The molecule has 23 heavy (non-hydrogen) atoms. The molecule has 1 saturated carbocycles. The minimum Gasteiger partial charge on any atom is -0.294 e. The van der Waals surface area contributed by atoms with Gasteiger partial charge in [-0.05, 0) is 59.6 Å². The second kappa shape index (κ2) is 5.33. The molecular formula is C22H30O. The molecule has 1 aromatic rings. The molecule has 0 radical (unpaired) electrons. The third-order valence-corrected chi connectivity index (χ3v) is 6.92. The SMILES string of the molecule is C=C(C)[C@]1(C)CCC[C@]2(C)c3ccc(C(C)C)cc3C(=O)C[C@@H]12. The largest absolute Gasteiger partial charge is 0.294 e. The summed E-state index contributed by atoms with van der Waals surface area (Å²) in [5.74, 6) is 1.18. The predicted molar refractivity (Wildman–Crippen MR) is 97.1 cm³/mol. The zero-order valence-corrected chi connectivity index (χ0v) is 15.3. The number of ketones is 1. The Balaban J connectivity index is 2.16. The van der Waals surface area contributed by atoms with Gasteiger partial charge in [0.15, 0.2) is 5.78 Å². The Bertz CT molecular complexity index is 669. The predicted octanol–water partition coefficient (Wildman–Crippen LogP) is 6.04. The van der Waals surface area contributed by atoms with Crippen LogP contribution in [0.15, 0.2) is 30.4 Å². The Morgan fingerprint density at radius 2 is 1.96 bits per heavy atom. The van der Waals surface area contributed by atoms with Crippen molar-refractivity contribution in [2.75, 3.05) is 0 Å². The van der Waals surface area contributed by atoms with Crippen molar-refractivity contribution in [3.8, 4) is 0 Å². The lowest BCUT2D eigenvalue weighted by molar-refractivity contribution is 0.0468. The Morgan fingerprint density at radius 1 is 1.26 bits per heavy atom. The number of hydrogen-bond acceptors (Lipinski definition) is 1. The second-order valence-electron chi connectivity index (χ2n) is 8.61. The van der Waals surface area contributed by atoms with Crippen molar-refractivity contribution < 1.29 is 4.79 Å². The van der Waals surface area contributed by atoms with Gasteiger partial charge in [-0.2, -0.15) is 0 Å². The summed E-state index contributed by atoms with van der Waals surface area (Å²) in [5, 5.41) is 0. The lowest BCUT2D eigenvalue weighted by atomic mass is 9.48. The van der Waals surface area contributed by atoms with E-state index in [9.17, 15) is 4.79 Å². The summed E-state index contributed by atoms with van der Waals surface area (Å²) in [6, 6.07) is 6.65. The van der Waals surface area contributed by atoms with E-state index in [0.717, 1.165) is 12.0 Å². The summed E-state index contributed by atoms with van der Waals surface area (Å²) in [6.07, 6.45) is 4.24. The lowest BCUT2D eigenvalue weighted by Gasteiger charge is -2.55. The molecule has 3 atom stereocenters. The maximum atomic E-state index is 12.9. The van der Waals surface area contributed by atoms with Crippen LogP contribution in [0.4, 0.5) is 0 Å². The normalized spacial score (nSPS) is 33.3. The quantitative estimate of drug-likeness (QED) is 0.609. The fraction of sp³-hybridized carbons (Fsp3) is 0.591. The second-order valence-corrected chi connectivity index (χ2v) is 8.61. The van der Waals surface area contributed by atoms with Crippen LogP contribution >= 0.6 is 0 Å². The van der Waals surface area contributed by atoms with Crippen molar-refractivity contribution in [3.05, 3.63) is 47.0 Å². The van der Waals surface area contributed by atoms with Gasteiger partial charge in [-0.25, -0.2) is 0 Å². The van der Waals surface area contributed by atoms with E-state index >= 15 is 0 Å². The number of fused-ring (bicyclic) bond motifs is 3. The molecule has 0 bridgehead atoms. The summed E-state index contributed by atoms with van der Waals surface area (Å²) >= 11 is 0. The van der Waals surface area contributed by atoms with Crippen molar-refractivity contribution in [1.29, 1.82) is 0 Å². The smallest absolute Gasteiger partial charge is 0.163 e. The number of allylic oxidation sites excluding steroid dienone is 1. The van der Waals surface area contributed by atoms with Crippen molar-refractivity contribution >= 4 is 5.78 Å². The number of carbonyl (C=O) groups is 1. The maximum absolute atomic E-state index is 12.9. The van der Waals surface area contributed by atoms with Gasteiger partial charge in [0.2, 0.25) is 0 Å². The first kappa shape index (κ1) is 16.5. The van der Waals surface area contributed by atoms with E-state index in [1.165, 1.54) is 29.5 Å². The van der Waals surface area contributed by atoms with Gasteiger partial charge in [0.25, 0.3) is 0 Å². The van der Waals surface area contributed by atoms with Gasteiger partial charge in [-0.1, -0.05) is 58.4 Å². The summed E-state index contributed by atoms with van der Waals surface area (Å²) in [4.78, 5) is 12.9. The Hall–Kier alpha value is -1.37. The van der Waals surface area contributed by atoms with Crippen LogP contribution in [0.2, 0.25) is 0 Å². The monoisotopic (exact) mass is 310 g/mol. The first-order valence-electron chi connectivity index (χ1n) is 9.04. The third kappa shape index (κ3) is 2.31. The van der Waals surface area contributed by atoms with E-state index in [4.69, 9.17) is 0 Å². The number of benzene rings is 1. The highest BCUT2D eigenvalue weighted by molar-refractivity contribution is 5.99. The summed E-state index contributed by atoms with van der Waals surface area (Å²) in [6.45, 7) is 15.5. The number of hydrogen-bond donors (Lipinski definition) is 0. The van der Waals surface area contributed by atoms with Gasteiger partial charge in [0.1, 0.15) is 0 Å². The summed E-state index contributed by atoms with van der Waals surface area (Å²) < 4.78 is 0. The molecule has 0 aromatic heterocycles. The Labute approximate surface area is 141 Å². The van der Waals surface area contributed by atoms with Crippen LogP contribution < -0.4 is 0 Å². The topological polar surface area (TPSA) is 17.1 Å². The Morgan fingerprint density at radius 3 is 2.57 bits per heavy atom. The Kier molecular flexibility index (Phi) is 3.82. The zero-order chi connectivity index (χ0) is 17.0. The van der Waals surface area contributed by atoms with Gasteiger partial charge in [-0.15, -0.1) is 0 Å². The zero-order valence-electron chi connectivity index (χ0n) is 15.3. The van der Waals surface area contributed by atoms with Crippen molar-refractivity contribution in [2.45, 2.75) is 71.6 Å². The third-order valence-electron chi connectivity index (χ3n) is 6.92. The van der Waals surface area contributed by atoms with E-state index in [1.807, 2.05) is 0 Å². The molecule has 0 saturated heterocycles. The molecule has 0 aliphatic heterocycles. The molecule has 2 aliphatic carbocycles. The first-order chi connectivity index (χ1) is 10.7. The van der Waals surface area contributed by atoms with Crippen molar-refractivity contribution in [3.63, 3.8) is 0 Å². The molecule has 0 spiro atoms. The molecule has 1 aromatic carbocycles. The van der Waals surface area contributed by atoms with Crippen LogP contribution in [-0.4, -0.2) is 5.78 Å². The first-order valence-corrected chi connectivity index (χ1v) is 9.04. The molecule has 0 amide bonds. The molecule has 3 rings (SSSR count). The van der Waals surface area contributed by atoms with E-state index < -0.39 is 0 Å². The summed E-state index contributed by atoms with van der Waals surface area (Å²) in [7, 11) is 0. The molecule has 1 nitrogen and oxygen atoms in total. The van der Waals surface area contributed by atoms with Crippen LogP contribution in [0.25, 0.3) is 0 Å². The standard InChI is InChI=1S/C22H30O/c1-14(2)16-8-9-18-17(12-16)19(23)13-20-21(5,15(3)4)10-7-11-22(18,20)6/h8-9,12,14,20H,3,7,10-11,13H2,1-2,4-6H3/t20-,21-,22+/m0/s1.